The molecule has 1 N–H and O–H groups in total. The van der Waals surface area contributed by atoms with Gasteiger partial charge in [-0.1, -0.05) is 31.5 Å². The smallest absolute Gasteiger partial charge is 0.328 e. The summed E-state index contributed by atoms with van der Waals surface area (Å²) in [6.07, 6.45) is 6.27. The molecule has 0 bridgehead atoms. The number of hydrogen-bond acceptors (Lipinski definition) is 2. The van der Waals surface area contributed by atoms with Crippen LogP contribution in [0.4, 0.5) is 5.69 Å². The molecule has 1 aliphatic carbocycles. The predicted molar refractivity (Wildman–Crippen MR) is 87.9 cm³/mol. The number of carbonyl (C=O) groups is 1. The van der Waals surface area contributed by atoms with Crippen LogP contribution in [-0.2, 0) is 4.79 Å². The monoisotopic (exact) mass is 307 g/mol. The number of halogens is 1. The Bertz CT molecular complexity index is 536. The average Bonchev–Trinajstić information content (AvgIpc) is 3.22. The molecule has 2 rings (SSSR count). The van der Waals surface area contributed by atoms with Gasteiger partial charge in [0.05, 0.1) is 0 Å². The molecule has 1 aromatic carbocycles. The van der Waals surface area contributed by atoms with E-state index in [9.17, 15) is 4.79 Å². The standard InChI is InChI=1S/C17H22ClNO2/c1-12(2)10-11-19(13-6-7-13)16-5-3-4-15(18)14(16)8-9-17(20)21/h3-5,8-9,12-13H,6-7,10-11H2,1-2H3,(H,20,21)/b9-8+. The van der Waals surface area contributed by atoms with E-state index in [2.05, 4.69) is 18.7 Å². The van der Waals surface area contributed by atoms with Gasteiger partial charge in [-0.2, -0.15) is 0 Å². The second-order valence-corrected chi connectivity index (χ2v) is 6.36. The Kier molecular flexibility index (Phi) is 5.29. The van der Waals surface area contributed by atoms with E-state index in [-0.39, 0.29) is 0 Å². The van der Waals surface area contributed by atoms with Crippen LogP contribution in [0.5, 0.6) is 0 Å². The number of anilines is 1. The van der Waals surface area contributed by atoms with Crippen LogP contribution in [0.1, 0.15) is 38.7 Å². The van der Waals surface area contributed by atoms with Crippen molar-refractivity contribution in [1.29, 1.82) is 0 Å². The van der Waals surface area contributed by atoms with Crippen LogP contribution >= 0.6 is 11.6 Å². The fourth-order valence-corrected chi connectivity index (χ4v) is 2.61. The van der Waals surface area contributed by atoms with E-state index in [0.29, 0.717) is 17.0 Å². The van der Waals surface area contributed by atoms with Gasteiger partial charge in [0.1, 0.15) is 0 Å². The van der Waals surface area contributed by atoms with Gasteiger partial charge in [-0.25, -0.2) is 4.79 Å². The zero-order valence-corrected chi connectivity index (χ0v) is 13.3. The summed E-state index contributed by atoms with van der Waals surface area (Å²) in [5.41, 5.74) is 1.85. The van der Waals surface area contributed by atoms with Crippen molar-refractivity contribution in [2.45, 2.75) is 39.2 Å². The Morgan fingerprint density at radius 1 is 1.48 bits per heavy atom. The number of hydrogen-bond donors (Lipinski definition) is 1. The molecule has 114 valence electrons. The molecule has 1 aromatic rings. The van der Waals surface area contributed by atoms with Crippen molar-refractivity contribution in [3.8, 4) is 0 Å². The topological polar surface area (TPSA) is 40.5 Å². The molecule has 1 saturated carbocycles. The third kappa shape index (κ3) is 4.50. The first-order valence-corrected chi connectivity index (χ1v) is 7.83. The molecule has 0 spiro atoms. The van der Waals surface area contributed by atoms with E-state index in [4.69, 9.17) is 16.7 Å². The second-order valence-electron chi connectivity index (χ2n) is 5.95. The first-order valence-electron chi connectivity index (χ1n) is 7.45. The fourth-order valence-electron chi connectivity index (χ4n) is 2.38. The average molecular weight is 308 g/mol. The molecule has 1 aliphatic rings. The molecule has 0 atom stereocenters. The molecule has 1 fully saturated rings. The van der Waals surface area contributed by atoms with Crippen molar-refractivity contribution < 1.29 is 9.90 Å². The zero-order chi connectivity index (χ0) is 15.4. The lowest BCUT2D eigenvalue weighted by atomic mass is 10.1. The highest BCUT2D eigenvalue weighted by molar-refractivity contribution is 6.32. The van der Waals surface area contributed by atoms with E-state index < -0.39 is 5.97 Å². The molecule has 0 heterocycles. The van der Waals surface area contributed by atoms with Gasteiger partial charge in [-0.05, 0) is 43.4 Å². The SMILES string of the molecule is CC(C)CCN(c1cccc(Cl)c1/C=C/C(=O)O)C1CC1. The largest absolute Gasteiger partial charge is 0.478 e. The summed E-state index contributed by atoms with van der Waals surface area (Å²) in [6, 6.07) is 6.34. The van der Waals surface area contributed by atoms with E-state index in [1.54, 1.807) is 12.1 Å². The highest BCUT2D eigenvalue weighted by Crippen LogP contribution is 2.37. The van der Waals surface area contributed by atoms with Crippen LogP contribution < -0.4 is 4.90 Å². The summed E-state index contributed by atoms with van der Waals surface area (Å²) < 4.78 is 0. The Balaban J connectivity index is 2.30. The third-order valence-corrected chi connectivity index (χ3v) is 4.00. The first-order chi connectivity index (χ1) is 9.99. The first kappa shape index (κ1) is 15.9. The number of carboxylic acids is 1. The maximum Gasteiger partial charge on any atom is 0.328 e. The Labute approximate surface area is 131 Å². The Morgan fingerprint density at radius 2 is 2.19 bits per heavy atom. The van der Waals surface area contributed by atoms with Crippen molar-refractivity contribution in [1.82, 2.24) is 0 Å². The summed E-state index contributed by atoms with van der Waals surface area (Å²) in [5, 5.41) is 9.45. The van der Waals surface area contributed by atoms with Crippen molar-refractivity contribution in [3.63, 3.8) is 0 Å². The minimum Gasteiger partial charge on any atom is -0.478 e. The second kappa shape index (κ2) is 6.99. The van der Waals surface area contributed by atoms with Gasteiger partial charge in [-0.15, -0.1) is 0 Å². The van der Waals surface area contributed by atoms with Gasteiger partial charge in [0.15, 0.2) is 0 Å². The zero-order valence-electron chi connectivity index (χ0n) is 12.6. The van der Waals surface area contributed by atoms with Crippen LogP contribution in [0.3, 0.4) is 0 Å². The maximum absolute atomic E-state index is 10.8. The van der Waals surface area contributed by atoms with E-state index in [1.807, 2.05) is 12.1 Å². The van der Waals surface area contributed by atoms with Crippen molar-refractivity contribution >= 4 is 29.3 Å². The summed E-state index contributed by atoms with van der Waals surface area (Å²) in [5.74, 6) is -0.315. The molecule has 0 aliphatic heterocycles. The molecule has 4 heteroatoms. The Hall–Kier alpha value is -1.48. The lowest BCUT2D eigenvalue weighted by Crippen LogP contribution is -2.28. The minimum atomic E-state index is -0.957. The van der Waals surface area contributed by atoms with Gasteiger partial charge in [0.25, 0.3) is 0 Å². The van der Waals surface area contributed by atoms with Crippen LogP contribution in [0, 0.1) is 5.92 Å². The summed E-state index contributed by atoms with van der Waals surface area (Å²) >= 11 is 6.27. The third-order valence-electron chi connectivity index (χ3n) is 3.67. The van der Waals surface area contributed by atoms with Crippen LogP contribution in [0.25, 0.3) is 6.08 Å². The molecule has 0 unspecified atom stereocenters. The van der Waals surface area contributed by atoms with Gasteiger partial charge in [0, 0.05) is 34.9 Å². The van der Waals surface area contributed by atoms with Crippen molar-refractivity contribution in [2.75, 3.05) is 11.4 Å². The van der Waals surface area contributed by atoms with Gasteiger partial charge >= 0.3 is 5.97 Å². The number of carboxylic acid groups (broad SMARTS) is 1. The van der Waals surface area contributed by atoms with E-state index in [0.717, 1.165) is 30.3 Å². The number of nitrogens with zero attached hydrogens (tertiary/aromatic N) is 1. The van der Waals surface area contributed by atoms with Crippen LogP contribution in [-0.4, -0.2) is 23.7 Å². The molecule has 0 saturated heterocycles. The quantitative estimate of drug-likeness (QED) is 0.756. The van der Waals surface area contributed by atoms with E-state index in [1.165, 1.54) is 12.8 Å². The number of rotatable bonds is 7. The molecule has 0 amide bonds. The van der Waals surface area contributed by atoms with Crippen LogP contribution in [0.2, 0.25) is 5.02 Å². The van der Waals surface area contributed by atoms with Gasteiger partial charge in [0.2, 0.25) is 0 Å². The minimum absolute atomic E-state index is 0.569. The summed E-state index contributed by atoms with van der Waals surface area (Å²) in [4.78, 5) is 13.2. The predicted octanol–water partition coefficient (Wildman–Crippen LogP) is 4.45. The summed E-state index contributed by atoms with van der Waals surface area (Å²) in [7, 11) is 0. The van der Waals surface area contributed by atoms with Crippen molar-refractivity contribution in [3.05, 3.63) is 34.9 Å². The molecule has 0 aromatic heterocycles. The van der Waals surface area contributed by atoms with Gasteiger partial charge < -0.3 is 10.0 Å². The summed E-state index contributed by atoms with van der Waals surface area (Å²) in [6.45, 7) is 5.42. The lowest BCUT2D eigenvalue weighted by Gasteiger charge is -2.27. The van der Waals surface area contributed by atoms with E-state index >= 15 is 0 Å². The van der Waals surface area contributed by atoms with Crippen molar-refractivity contribution in [2.24, 2.45) is 5.92 Å². The number of aliphatic carboxylic acids is 1. The fraction of sp³-hybridized carbons (Fsp3) is 0.471. The Morgan fingerprint density at radius 3 is 2.76 bits per heavy atom. The molecular weight excluding hydrogens is 286 g/mol. The van der Waals surface area contributed by atoms with Gasteiger partial charge in [-0.3, -0.25) is 0 Å². The number of benzene rings is 1. The highest BCUT2D eigenvalue weighted by Gasteiger charge is 2.30. The molecule has 21 heavy (non-hydrogen) atoms. The molecule has 0 radical (unpaired) electrons. The molecular formula is C17H22ClNO2. The maximum atomic E-state index is 10.8. The van der Waals surface area contributed by atoms with Crippen LogP contribution in [0.15, 0.2) is 24.3 Å². The normalized spacial score (nSPS) is 14.9. The molecule has 3 nitrogen and oxygen atoms in total. The highest BCUT2D eigenvalue weighted by atomic mass is 35.5. The lowest BCUT2D eigenvalue weighted by molar-refractivity contribution is -0.131.